The predicted molar refractivity (Wildman–Crippen MR) is 75.2 cm³/mol. The summed E-state index contributed by atoms with van der Waals surface area (Å²) in [6.07, 6.45) is 1.39. The lowest BCUT2D eigenvalue weighted by molar-refractivity contribution is -0.137. The second kappa shape index (κ2) is 6.89. The molecule has 0 spiro atoms. The standard InChI is InChI=1S/C12H16BrNO3S/c1-7-6-9(18-11(7)13)12(17)14-8(2)4-3-5-10(15)16/h6,8H,3-5H2,1-2H3,(H,14,17)(H,15,16). The molecule has 0 saturated carbocycles. The van der Waals surface area contributed by atoms with E-state index in [1.54, 1.807) is 0 Å². The molecular formula is C12H16BrNO3S. The maximum absolute atomic E-state index is 11.9. The van der Waals surface area contributed by atoms with Crippen LogP contribution in [0, 0.1) is 6.92 Å². The number of rotatable bonds is 6. The number of aliphatic carboxylic acids is 1. The average molecular weight is 334 g/mol. The Kier molecular flexibility index (Phi) is 5.81. The number of carboxylic acid groups (broad SMARTS) is 1. The highest BCUT2D eigenvalue weighted by molar-refractivity contribution is 9.11. The molecule has 0 fully saturated rings. The van der Waals surface area contributed by atoms with Crippen LogP contribution in [0.3, 0.4) is 0 Å². The van der Waals surface area contributed by atoms with Gasteiger partial charge in [0.2, 0.25) is 0 Å². The lowest BCUT2D eigenvalue weighted by Crippen LogP contribution is -2.32. The molecule has 1 unspecified atom stereocenters. The van der Waals surface area contributed by atoms with Crippen molar-refractivity contribution >= 4 is 39.1 Å². The summed E-state index contributed by atoms with van der Waals surface area (Å²) in [5.41, 5.74) is 1.05. The van der Waals surface area contributed by atoms with E-state index in [-0.39, 0.29) is 18.4 Å². The molecule has 0 aliphatic carbocycles. The van der Waals surface area contributed by atoms with E-state index in [0.717, 1.165) is 9.35 Å². The van der Waals surface area contributed by atoms with Crippen LogP contribution in [-0.4, -0.2) is 23.0 Å². The predicted octanol–water partition coefficient (Wildman–Crippen LogP) is 3.19. The molecule has 0 bridgehead atoms. The van der Waals surface area contributed by atoms with Crippen LogP contribution < -0.4 is 5.32 Å². The fourth-order valence-electron chi connectivity index (χ4n) is 1.50. The van der Waals surface area contributed by atoms with E-state index < -0.39 is 5.97 Å². The number of aryl methyl sites for hydroxylation is 1. The molecular weight excluding hydrogens is 318 g/mol. The van der Waals surface area contributed by atoms with E-state index in [1.807, 2.05) is 19.9 Å². The minimum atomic E-state index is -0.800. The van der Waals surface area contributed by atoms with Gasteiger partial charge in [0.1, 0.15) is 0 Å². The molecule has 0 radical (unpaired) electrons. The van der Waals surface area contributed by atoms with E-state index in [1.165, 1.54) is 11.3 Å². The van der Waals surface area contributed by atoms with Crippen molar-refractivity contribution < 1.29 is 14.7 Å². The minimum Gasteiger partial charge on any atom is -0.481 e. The highest BCUT2D eigenvalue weighted by Crippen LogP contribution is 2.27. The van der Waals surface area contributed by atoms with Crippen LogP contribution in [0.15, 0.2) is 9.85 Å². The zero-order valence-electron chi connectivity index (χ0n) is 10.3. The third-order valence-electron chi connectivity index (χ3n) is 2.49. The smallest absolute Gasteiger partial charge is 0.303 e. The Labute approximate surface area is 119 Å². The van der Waals surface area contributed by atoms with Crippen LogP contribution in [0.4, 0.5) is 0 Å². The number of thiophene rings is 1. The SMILES string of the molecule is Cc1cc(C(=O)NC(C)CCCC(=O)O)sc1Br. The minimum absolute atomic E-state index is 0.0157. The molecule has 0 aromatic carbocycles. The van der Waals surface area contributed by atoms with Gasteiger partial charge in [0.15, 0.2) is 0 Å². The number of amides is 1. The van der Waals surface area contributed by atoms with Crippen LogP contribution in [0.2, 0.25) is 0 Å². The molecule has 100 valence electrons. The molecule has 0 aliphatic rings. The summed E-state index contributed by atoms with van der Waals surface area (Å²) < 4.78 is 0.964. The zero-order chi connectivity index (χ0) is 13.7. The fourth-order valence-corrected chi connectivity index (χ4v) is 2.94. The maximum atomic E-state index is 11.9. The van der Waals surface area contributed by atoms with E-state index in [4.69, 9.17) is 5.11 Å². The number of carbonyl (C=O) groups is 2. The van der Waals surface area contributed by atoms with Crippen LogP contribution in [0.5, 0.6) is 0 Å². The normalized spacial score (nSPS) is 12.2. The summed E-state index contributed by atoms with van der Waals surface area (Å²) in [5, 5.41) is 11.4. The summed E-state index contributed by atoms with van der Waals surface area (Å²) in [5.74, 6) is -0.900. The Hall–Kier alpha value is -0.880. The number of hydrogen-bond donors (Lipinski definition) is 2. The van der Waals surface area contributed by atoms with Crippen LogP contribution >= 0.6 is 27.3 Å². The van der Waals surface area contributed by atoms with Gasteiger partial charge in [0.05, 0.1) is 8.66 Å². The lowest BCUT2D eigenvalue weighted by atomic mass is 10.1. The maximum Gasteiger partial charge on any atom is 0.303 e. The quantitative estimate of drug-likeness (QED) is 0.840. The van der Waals surface area contributed by atoms with E-state index in [2.05, 4.69) is 21.2 Å². The first kappa shape index (κ1) is 15.2. The molecule has 1 aromatic heterocycles. The van der Waals surface area contributed by atoms with Crippen molar-refractivity contribution in [3.05, 3.63) is 20.3 Å². The molecule has 18 heavy (non-hydrogen) atoms. The Balaban J connectivity index is 2.42. The zero-order valence-corrected chi connectivity index (χ0v) is 12.7. The second-order valence-electron chi connectivity index (χ2n) is 4.23. The number of hydrogen-bond acceptors (Lipinski definition) is 3. The topological polar surface area (TPSA) is 66.4 Å². The molecule has 1 heterocycles. The van der Waals surface area contributed by atoms with Gasteiger partial charge in [-0.15, -0.1) is 11.3 Å². The second-order valence-corrected chi connectivity index (χ2v) is 6.60. The van der Waals surface area contributed by atoms with Gasteiger partial charge in [-0.2, -0.15) is 0 Å². The van der Waals surface area contributed by atoms with Crippen LogP contribution in [-0.2, 0) is 4.79 Å². The monoisotopic (exact) mass is 333 g/mol. The lowest BCUT2D eigenvalue weighted by Gasteiger charge is -2.12. The van der Waals surface area contributed by atoms with Crippen molar-refractivity contribution in [2.24, 2.45) is 0 Å². The van der Waals surface area contributed by atoms with Crippen molar-refractivity contribution in [3.63, 3.8) is 0 Å². The highest BCUT2D eigenvalue weighted by atomic mass is 79.9. The molecule has 0 aliphatic heterocycles. The van der Waals surface area contributed by atoms with E-state index in [9.17, 15) is 9.59 Å². The number of halogens is 1. The van der Waals surface area contributed by atoms with Gasteiger partial charge < -0.3 is 10.4 Å². The van der Waals surface area contributed by atoms with Crippen molar-refractivity contribution in [2.45, 2.75) is 39.2 Å². The largest absolute Gasteiger partial charge is 0.481 e. The van der Waals surface area contributed by atoms with Crippen LogP contribution in [0.1, 0.15) is 41.4 Å². The first-order valence-electron chi connectivity index (χ1n) is 5.68. The van der Waals surface area contributed by atoms with E-state index in [0.29, 0.717) is 17.7 Å². The molecule has 6 heteroatoms. The first-order chi connectivity index (χ1) is 8.40. The Morgan fingerprint density at radius 3 is 2.72 bits per heavy atom. The van der Waals surface area contributed by atoms with Gasteiger partial charge >= 0.3 is 5.97 Å². The third kappa shape index (κ3) is 4.78. The molecule has 1 amide bonds. The number of carbonyl (C=O) groups excluding carboxylic acids is 1. The highest BCUT2D eigenvalue weighted by Gasteiger charge is 2.13. The molecule has 2 N–H and O–H groups in total. The van der Waals surface area contributed by atoms with Crippen molar-refractivity contribution in [2.75, 3.05) is 0 Å². The molecule has 0 saturated heterocycles. The van der Waals surface area contributed by atoms with Gasteiger partial charge in [0.25, 0.3) is 5.91 Å². The molecule has 1 rings (SSSR count). The summed E-state index contributed by atoms with van der Waals surface area (Å²) in [6.45, 7) is 3.82. The van der Waals surface area contributed by atoms with Gasteiger partial charge in [0, 0.05) is 12.5 Å². The molecule has 4 nitrogen and oxygen atoms in total. The van der Waals surface area contributed by atoms with Crippen molar-refractivity contribution in [3.8, 4) is 0 Å². The third-order valence-corrected chi connectivity index (χ3v) is 4.62. The summed E-state index contributed by atoms with van der Waals surface area (Å²) in [4.78, 5) is 22.9. The first-order valence-corrected chi connectivity index (χ1v) is 7.29. The molecule has 1 aromatic rings. The Bertz CT molecular complexity index is 425. The Morgan fingerprint density at radius 2 is 2.22 bits per heavy atom. The van der Waals surface area contributed by atoms with Crippen molar-refractivity contribution in [1.82, 2.24) is 5.32 Å². The van der Waals surface area contributed by atoms with E-state index >= 15 is 0 Å². The summed E-state index contributed by atoms with van der Waals surface area (Å²) >= 11 is 4.79. The number of nitrogens with one attached hydrogen (secondary N) is 1. The van der Waals surface area contributed by atoms with Crippen molar-refractivity contribution in [1.29, 1.82) is 0 Å². The fraction of sp³-hybridized carbons (Fsp3) is 0.500. The average Bonchev–Trinajstić information content (AvgIpc) is 2.58. The molecule has 1 atom stereocenters. The van der Waals surface area contributed by atoms with Gasteiger partial charge in [-0.1, -0.05) is 0 Å². The Morgan fingerprint density at radius 1 is 1.56 bits per heavy atom. The summed E-state index contributed by atoms with van der Waals surface area (Å²) in [6, 6.07) is 1.83. The van der Waals surface area contributed by atoms with Crippen LogP contribution in [0.25, 0.3) is 0 Å². The van der Waals surface area contributed by atoms with Gasteiger partial charge in [-0.25, -0.2) is 0 Å². The number of carboxylic acids is 1. The van der Waals surface area contributed by atoms with Gasteiger partial charge in [-0.3, -0.25) is 9.59 Å². The van der Waals surface area contributed by atoms with Gasteiger partial charge in [-0.05, 0) is 54.2 Å². The summed E-state index contributed by atoms with van der Waals surface area (Å²) in [7, 11) is 0.